The minimum atomic E-state index is 0.271. The minimum absolute atomic E-state index is 0.271. The minimum Gasteiger partial charge on any atom is -0.369 e. The lowest BCUT2D eigenvalue weighted by molar-refractivity contribution is 0.168. The van der Waals surface area contributed by atoms with Gasteiger partial charge in [0.25, 0.3) is 0 Å². The molecule has 0 bridgehead atoms. The van der Waals surface area contributed by atoms with Crippen LogP contribution in [0, 0.1) is 17.8 Å². The summed E-state index contributed by atoms with van der Waals surface area (Å²) in [6.45, 7) is 4.68. The molecule has 0 radical (unpaired) electrons. The Kier molecular flexibility index (Phi) is 1.87. The van der Waals surface area contributed by atoms with Crippen LogP contribution in [-0.2, 0) is 9.47 Å². The molecule has 4 aliphatic rings. The molecule has 0 aromatic rings. The van der Waals surface area contributed by atoms with E-state index < -0.39 is 0 Å². The molecular formula is C14H22O2. The van der Waals surface area contributed by atoms with Crippen LogP contribution in [0.4, 0.5) is 0 Å². The maximum Gasteiger partial charge on any atom is 0.0923 e. The topological polar surface area (TPSA) is 25.1 Å². The van der Waals surface area contributed by atoms with Crippen molar-refractivity contribution in [2.75, 3.05) is 0 Å². The van der Waals surface area contributed by atoms with Crippen molar-refractivity contribution in [1.82, 2.24) is 0 Å². The first-order valence-electron chi connectivity index (χ1n) is 6.99. The second-order valence-corrected chi connectivity index (χ2v) is 6.81. The van der Waals surface area contributed by atoms with Gasteiger partial charge in [-0.3, -0.25) is 0 Å². The smallest absolute Gasteiger partial charge is 0.0923 e. The molecule has 16 heavy (non-hydrogen) atoms. The molecule has 90 valence electrons. The van der Waals surface area contributed by atoms with Crippen LogP contribution in [0.3, 0.4) is 0 Å². The molecule has 0 N–H and O–H groups in total. The Balaban J connectivity index is 1.45. The van der Waals surface area contributed by atoms with Crippen LogP contribution in [0.25, 0.3) is 0 Å². The summed E-state index contributed by atoms with van der Waals surface area (Å²) >= 11 is 0. The first-order valence-corrected chi connectivity index (χ1v) is 6.99. The molecule has 2 aliphatic heterocycles. The van der Waals surface area contributed by atoms with Crippen LogP contribution in [0.15, 0.2) is 0 Å². The third kappa shape index (κ3) is 1.39. The summed E-state index contributed by atoms with van der Waals surface area (Å²) in [5, 5.41) is 0. The zero-order valence-corrected chi connectivity index (χ0v) is 10.3. The average molecular weight is 222 g/mol. The van der Waals surface area contributed by atoms with E-state index >= 15 is 0 Å². The van der Waals surface area contributed by atoms with Crippen molar-refractivity contribution in [3.8, 4) is 0 Å². The lowest BCUT2D eigenvalue weighted by atomic mass is 9.69. The molecule has 2 saturated heterocycles. The number of epoxide rings is 2. The van der Waals surface area contributed by atoms with Crippen molar-refractivity contribution in [2.24, 2.45) is 17.8 Å². The van der Waals surface area contributed by atoms with Gasteiger partial charge in [-0.1, -0.05) is 6.92 Å². The molecule has 0 spiro atoms. The summed E-state index contributed by atoms with van der Waals surface area (Å²) in [7, 11) is 0. The Hall–Kier alpha value is -0.0800. The monoisotopic (exact) mass is 222 g/mol. The van der Waals surface area contributed by atoms with Crippen LogP contribution in [0.2, 0.25) is 0 Å². The van der Waals surface area contributed by atoms with Crippen molar-refractivity contribution in [1.29, 1.82) is 0 Å². The van der Waals surface area contributed by atoms with E-state index in [0.29, 0.717) is 18.3 Å². The third-order valence-electron chi connectivity index (χ3n) is 5.56. The van der Waals surface area contributed by atoms with Gasteiger partial charge in [0, 0.05) is 0 Å². The quantitative estimate of drug-likeness (QED) is 0.637. The molecule has 7 unspecified atom stereocenters. The van der Waals surface area contributed by atoms with Crippen LogP contribution < -0.4 is 0 Å². The molecule has 0 amide bonds. The van der Waals surface area contributed by atoms with Crippen LogP contribution in [0.5, 0.6) is 0 Å². The Morgan fingerprint density at radius 3 is 2.75 bits per heavy atom. The Bertz CT molecular complexity index is 316. The summed E-state index contributed by atoms with van der Waals surface area (Å²) in [6.07, 6.45) is 8.60. The number of hydrogen-bond donors (Lipinski definition) is 0. The zero-order valence-electron chi connectivity index (χ0n) is 10.3. The van der Waals surface area contributed by atoms with Crippen LogP contribution in [0.1, 0.15) is 46.0 Å². The van der Waals surface area contributed by atoms with E-state index in [1.807, 2.05) is 0 Å². The van der Waals surface area contributed by atoms with E-state index in [0.717, 1.165) is 17.8 Å². The Morgan fingerprint density at radius 2 is 2.00 bits per heavy atom. The van der Waals surface area contributed by atoms with Gasteiger partial charge in [0.1, 0.15) is 0 Å². The highest BCUT2D eigenvalue weighted by atomic mass is 16.6. The van der Waals surface area contributed by atoms with Gasteiger partial charge in [0.05, 0.1) is 23.9 Å². The number of ether oxygens (including phenoxy) is 2. The molecule has 0 aromatic heterocycles. The van der Waals surface area contributed by atoms with Gasteiger partial charge >= 0.3 is 0 Å². The molecular weight excluding hydrogens is 200 g/mol. The predicted octanol–water partition coefficient (Wildman–Crippen LogP) is 2.76. The van der Waals surface area contributed by atoms with Crippen molar-refractivity contribution in [2.45, 2.75) is 69.9 Å². The molecule has 4 fully saturated rings. The summed E-state index contributed by atoms with van der Waals surface area (Å²) in [5.74, 6) is 2.63. The predicted molar refractivity (Wildman–Crippen MR) is 61.2 cm³/mol. The fourth-order valence-corrected chi connectivity index (χ4v) is 4.46. The maximum atomic E-state index is 5.82. The highest BCUT2D eigenvalue weighted by Gasteiger charge is 2.58. The third-order valence-corrected chi connectivity index (χ3v) is 5.56. The van der Waals surface area contributed by atoms with E-state index in [9.17, 15) is 0 Å². The van der Waals surface area contributed by atoms with Crippen LogP contribution in [-0.4, -0.2) is 23.9 Å². The largest absolute Gasteiger partial charge is 0.369 e. The van der Waals surface area contributed by atoms with Gasteiger partial charge in [-0.15, -0.1) is 0 Å². The van der Waals surface area contributed by atoms with Crippen molar-refractivity contribution in [3.63, 3.8) is 0 Å². The molecule has 2 heterocycles. The van der Waals surface area contributed by atoms with Crippen LogP contribution >= 0.6 is 0 Å². The van der Waals surface area contributed by atoms with Crippen molar-refractivity contribution >= 4 is 0 Å². The summed E-state index contributed by atoms with van der Waals surface area (Å²) < 4.78 is 11.6. The van der Waals surface area contributed by atoms with Gasteiger partial charge in [-0.05, 0) is 56.8 Å². The van der Waals surface area contributed by atoms with Gasteiger partial charge in [0.15, 0.2) is 0 Å². The lowest BCUT2D eigenvalue weighted by Crippen LogP contribution is -2.32. The summed E-state index contributed by atoms with van der Waals surface area (Å²) in [6, 6.07) is 0. The van der Waals surface area contributed by atoms with E-state index in [2.05, 4.69) is 13.8 Å². The van der Waals surface area contributed by atoms with Gasteiger partial charge in [-0.25, -0.2) is 0 Å². The molecule has 2 nitrogen and oxygen atoms in total. The SMILES string of the molecule is CC1CC(C2CCC3OC3(C)C2)CC2OC12. The Morgan fingerprint density at radius 1 is 1.12 bits per heavy atom. The van der Waals surface area contributed by atoms with E-state index in [1.165, 1.54) is 32.1 Å². The van der Waals surface area contributed by atoms with E-state index in [1.54, 1.807) is 0 Å². The van der Waals surface area contributed by atoms with Crippen molar-refractivity contribution in [3.05, 3.63) is 0 Å². The lowest BCUT2D eigenvalue weighted by Gasteiger charge is -2.34. The van der Waals surface area contributed by atoms with Crippen molar-refractivity contribution < 1.29 is 9.47 Å². The molecule has 4 rings (SSSR count). The molecule has 2 aliphatic carbocycles. The highest BCUT2D eigenvalue weighted by molar-refractivity contribution is 5.06. The van der Waals surface area contributed by atoms with E-state index in [-0.39, 0.29) is 5.60 Å². The fraction of sp³-hybridized carbons (Fsp3) is 1.00. The van der Waals surface area contributed by atoms with Gasteiger partial charge < -0.3 is 9.47 Å². The second kappa shape index (κ2) is 3.02. The van der Waals surface area contributed by atoms with E-state index in [4.69, 9.17) is 9.47 Å². The number of fused-ring (bicyclic) bond motifs is 2. The molecule has 2 saturated carbocycles. The highest BCUT2D eigenvalue weighted by Crippen LogP contribution is 2.55. The number of rotatable bonds is 1. The fourth-order valence-electron chi connectivity index (χ4n) is 4.46. The zero-order chi connectivity index (χ0) is 10.9. The second-order valence-electron chi connectivity index (χ2n) is 6.81. The normalized spacial score (nSPS) is 63.4. The van der Waals surface area contributed by atoms with Gasteiger partial charge in [0.2, 0.25) is 0 Å². The average Bonchev–Trinajstić information content (AvgIpc) is 3.08. The first-order chi connectivity index (χ1) is 7.66. The molecule has 2 heteroatoms. The first kappa shape index (κ1) is 9.90. The molecule has 7 atom stereocenters. The number of hydrogen-bond acceptors (Lipinski definition) is 2. The standard InChI is InChI=1S/C14H22O2/c1-8-5-10(6-11-13(8)15-11)9-3-4-12-14(2,7-9)16-12/h8-13H,3-7H2,1-2H3. The Labute approximate surface area is 97.7 Å². The molecule has 0 aromatic carbocycles. The maximum absolute atomic E-state index is 5.82. The summed E-state index contributed by atoms with van der Waals surface area (Å²) in [5.41, 5.74) is 0.271. The summed E-state index contributed by atoms with van der Waals surface area (Å²) in [4.78, 5) is 0. The van der Waals surface area contributed by atoms with Gasteiger partial charge in [-0.2, -0.15) is 0 Å².